The number of benzene rings is 1. The van der Waals surface area contributed by atoms with Gasteiger partial charge in [-0.3, -0.25) is 9.59 Å². The Hall–Kier alpha value is -3.83. The summed E-state index contributed by atoms with van der Waals surface area (Å²) in [5.41, 5.74) is 1.22. The minimum Gasteiger partial charge on any atom is -0.465 e. The van der Waals surface area contributed by atoms with Crippen LogP contribution >= 0.6 is 0 Å². The van der Waals surface area contributed by atoms with Crippen molar-refractivity contribution < 1.29 is 19.1 Å². The Balaban J connectivity index is 2.94. The number of hydrogen-bond donors (Lipinski definition) is 0. The molecule has 1 rings (SSSR count). The molecular formula is C19H18N4O4. The smallest absolute Gasteiger partial charge is 0.465 e. The molecule has 0 saturated heterocycles. The molecule has 0 atom stereocenters. The molecule has 0 aliphatic carbocycles. The summed E-state index contributed by atoms with van der Waals surface area (Å²) in [6, 6.07) is 8.55. The topological polar surface area (TPSA) is 88.4 Å². The van der Waals surface area contributed by atoms with Gasteiger partial charge in [0.1, 0.15) is 32.8 Å². The summed E-state index contributed by atoms with van der Waals surface area (Å²) in [5, 5.41) is 8.49. The van der Waals surface area contributed by atoms with Crippen molar-refractivity contribution in [2.24, 2.45) is 0 Å². The van der Waals surface area contributed by atoms with Gasteiger partial charge in [-0.05, 0) is 24.6 Å². The van der Waals surface area contributed by atoms with Gasteiger partial charge in [-0.1, -0.05) is 12.1 Å². The molecule has 0 aliphatic heterocycles. The summed E-state index contributed by atoms with van der Waals surface area (Å²) < 4.78 is 9.88. The van der Waals surface area contributed by atoms with Crippen LogP contribution in [0.4, 0.5) is 5.69 Å². The van der Waals surface area contributed by atoms with Gasteiger partial charge in [0.05, 0.1) is 19.1 Å². The van der Waals surface area contributed by atoms with Gasteiger partial charge in [0.15, 0.2) is 0 Å². The van der Waals surface area contributed by atoms with E-state index in [9.17, 15) is 9.59 Å². The maximum atomic E-state index is 11.9. The Morgan fingerprint density at radius 3 is 2.26 bits per heavy atom. The molecule has 0 radical (unpaired) electrons. The summed E-state index contributed by atoms with van der Waals surface area (Å²) in [4.78, 5) is 31.4. The third kappa shape index (κ3) is 7.72. The lowest BCUT2D eigenvalue weighted by atomic mass is 10.2. The molecule has 8 heteroatoms. The van der Waals surface area contributed by atoms with Gasteiger partial charge in [-0.2, -0.15) is 15.0 Å². The first-order valence-corrected chi connectivity index (χ1v) is 8.03. The standard InChI is InChI=1S/C19H18N4O4/c1-4-26-18(24)13-23(14-19(25)27-11-5-10-20)16-8-6-15(7-9-16)12-17(21-2)22-3/h6-9,12H,4-5,11,13-14H2,1H3. The van der Waals surface area contributed by atoms with Crippen molar-refractivity contribution in [2.45, 2.75) is 13.3 Å². The predicted octanol–water partition coefficient (Wildman–Crippen LogP) is 2.65. The number of carbonyl (C=O) groups excluding carboxylic acids is 2. The number of esters is 2. The lowest BCUT2D eigenvalue weighted by Gasteiger charge is -2.22. The van der Waals surface area contributed by atoms with E-state index in [1.807, 2.05) is 6.07 Å². The number of ether oxygens (including phenoxy) is 2. The van der Waals surface area contributed by atoms with Crippen LogP contribution in [0.3, 0.4) is 0 Å². The molecule has 8 nitrogen and oxygen atoms in total. The largest absolute Gasteiger partial charge is 0.519 e. The van der Waals surface area contributed by atoms with Crippen molar-refractivity contribution >= 4 is 23.7 Å². The van der Waals surface area contributed by atoms with Crippen LogP contribution in [0.1, 0.15) is 18.9 Å². The molecule has 0 spiro atoms. The summed E-state index contributed by atoms with van der Waals surface area (Å²) in [7, 11) is 0. The fourth-order valence-corrected chi connectivity index (χ4v) is 2.03. The lowest BCUT2D eigenvalue weighted by molar-refractivity contribution is -0.142. The molecule has 0 unspecified atom stereocenters. The number of rotatable bonds is 9. The van der Waals surface area contributed by atoms with E-state index in [1.54, 1.807) is 31.2 Å². The molecule has 1 aromatic carbocycles. The summed E-state index contributed by atoms with van der Waals surface area (Å²) in [6.45, 7) is 15.4. The van der Waals surface area contributed by atoms with Crippen LogP contribution in [-0.2, 0) is 19.1 Å². The van der Waals surface area contributed by atoms with Crippen LogP contribution < -0.4 is 4.90 Å². The highest BCUT2D eigenvalue weighted by molar-refractivity contribution is 5.81. The molecule has 1 aromatic rings. The van der Waals surface area contributed by atoms with Crippen molar-refractivity contribution in [1.29, 1.82) is 5.26 Å². The second-order valence-electron chi connectivity index (χ2n) is 5.11. The predicted molar refractivity (Wildman–Crippen MR) is 97.7 cm³/mol. The maximum absolute atomic E-state index is 11.9. The Kier molecular flexibility index (Phi) is 9.17. The number of nitriles is 1. The SMILES string of the molecule is [C-]#[N+]C(=Cc1ccc(N(CC(=O)OCC)CC(=O)OCCC#N)cc1)[N+]#[C-]. The summed E-state index contributed by atoms with van der Waals surface area (Å²) >= 11 is 0. The summed E-state index contributed by atoms with van der Waals surface area (Å²) in [5.74, 6) is -1.12. The van der Waals surface area contributed by atoms with E-state index in [0.717, 1.165) is 0 Å². The van der Waals surface area contributed by atoms with Gasteiger partial charge in [0, 0.05) is 11.8 Å². The highest BCUT2D eigenvalue weighted by Gasteiger charge is 2.17. The molecule has 0 fully saturated rings. The lowest BCUT2D eigenvalue weighted by Crippen LogP contribution is -2.36. The van der Waals surface area contributed by atoms with E-state index in [1.165, 1.54) is 11.0 Å². The molecule has 27 heavy (non-hydrogen) atoms. The average molecular weight is 366 g/mol. The first-order chi connectivity index (χ1) is 13.0. The van der Waals surface area contributed by atoms with Crippen LogP contribution in [0.2, 0.25) is 0 Å². The van der Waals surface area contributed by atoms with Gasteiger partial charge in [-0.15, -0.1) is 0 Å². The van der Waals surface area contributed by atoms with E-state index in [4.69, 9.17) is 27.9 Å². The minimum absolute atomic E-state index is 0.0116. The Morgan fingerprint density at radius 1 is 1.15 bits per heavy atom. The van der Waals surface area contributed by atoms with Crippen molar-refractivity contribution in [1.82, 2.24) is 0 Å². The molecular weight excluding hydrogens is 348 g/mol. The van der Waals surface area contributed by atoms with E-state index < -0.39 is 11.9 Å². The van der Waals surface area contributed by atoms with Gasteiger partial charge >= 0.3 is 17.8 Å². The number of anilines is 1. The molecule has 0 amide bonds. The van der Waals surface area contributed by atoms with Gasteiger partial charge in [-0.25, -0.2) is 0 Å². The Morgan fingerprint density at radius 2 is 1.74 bits per heavy atom. The highest BCUT2D eigenvalue weighted by Crippen LogP contribution is 2.18. The molecule has 0 saturated carbocycles. The second-order valence-corrected chi connectivity index (χ2v) is 5.11. The molecule has 0 aromatic heterocycles. The zero-order chi connectivity index (χ0) is 20.1. The number of hydrogen-bond acceptors (Lipinski definition) is 6. The quantitative estimate of drug-likeness (QED) is 0.379. The first-order valence-electron chi connectivity index (χ1n) is 8.03. The van der Waals surface area contributed by atoms with Gasteiger partial charge in [0.2, 0.25) is 0 Å². The average Bonchev–Trinajstić information content (AvgIpc) is 2.66. The number of carbonyl (C=O) groups is 2. The van der Waals surface area contributed by atoms with Crippen LogP contribution in [0.25, 0.3) is 15.8 Å². The third-order valence-electron chi connectivity index (χ3n) is 3.21. The van der Waals surface area contributed by atoms with E-state index in [0.29, 0.717) is 11.3 Å². The van der Waals surface area contributed by atoms with Crippen LogP contribution in [0.5, 0.6) is 0 Å². The van der Waals surface area contributed by atoms with E-state index >= 15 is 0 Å². The van der Waals surface area contributed by atoms with Crippen LogP contribution in [0.15, 0.2) is 30.1 Å². The van der Waals surface area contributed by atoms with Gasteiger partial charge < -0.3 is 14.4 Å². The maximum Gasteiger partial charge on any atom is 0.519 e. The molecule has 0 bridgehead atoms. The van der Waals surface area contributed by atoms with E-state index in [2.05, 4.69) is 9.69 Å². The molecule has 138 valence electrons. The fraction of sp³-hybridized carbons (Fsp3) is 0.316. The van der Waals surface area contributed by atoms with Crippen molar-refractivity contribution in [3.63, 3.8) is 0 Å². The normalized spacial score (nSPS) is 9.11. The number of nitrogens with zero attached hydrogens (tertiary/aromatic N) is 4. The van der Waals surface area contributed by atoms with Crippen LogP contribution in [0, 0.1) is 24.5 Å². The monoisotopic (exact) mass is 366 g/mol. The zero-order valence-corrected chi connectivity index (χ0v) is 14.8. The van der Waals surface area contributed by atoms with Gasteiger partial charge in [0.25, 0.3) is 0 Å². The Bertz CT molecular complexity index is 794. The van der Waals surface area contributed by atoms with Crippen LogP contribution in [-0.4, -0.2) is 38.2 Å². The van der Waals surface area contributed by atoms with Crippen molar-refractivity contribution in [3.05, 3.63) is 58.5 Å². The zero-order valence-electron chi connectivity index (χ0n) is 14.8. The van der Waals surface area contributed by atoms with E-state index in [-0.39, 0.29) is 38.5 Å². The summed E-state index contributed by atoms with van der Waals surface area (Å²) in [6.07, 6.45) is 1.53. The molecule has 0 aliphatic rings. The highest BCUT2D eigenvalue weighted by atomic mass is 16.5. The third-order valence-corrected chi connectivity index (χ3v) is 3.21. The van der Waals surface area contributed by atoms with Crippen molar-refractivity contribution in [2.75, 3.05) is 31.2 Å². The molecule has 0 N–H and O–H groups in total. The van der Waals surface area contributed by atoms with Crippen molar-refractivity contribution in [3.8, 4) is 6.07 Å². The molecule has 0 heterocycles. The second kappa shape index (κ2) is 11.7. The Labute approximate surface area is 157 Å². The minimum atomic E-state index is -0.568. The first kappa shape index (κ1) is 21.2. The fourth-order valence-electron chi connectivity index (χ4n) is 2.03.